The van der Waals surface area contributed by atoms with Crippen molar-refractivity contribution in [1.82, 2.24) is 0 Å². The second-order valence-electron chi connectivity index (χ2n) is 7.17. The Kier molecular flexibility index (Phi) is 2.81. The van der Waals surface area contributed by atoms with Crippen LogP contribution in [0.1, 0.15) is 44.1 Å². The first-order valence-electron chi connectivity index (χ1n) is 7.83. The number of hydrogen-bond donors (Lipinski definition) is 1. The summed E-state index contributed by atoms with van der Waals surface area (Å²) in [4.78, 5) is 0. The van der Waals surface area contributed by atoms with Gasteiger partial charge in [-0.2, -0.15) is 0 Å². The van der Waals surface area contributed by atoms with E-state index in [1.54, 1.807) is 6.07 Å². The van der Waals surface area contributed by atoms with E-state index in [0.29, 0.717) is 12.3 Å². The van der Waals surface area contributed by atoms with Crippen LogP contribution < -0.4 is 10.5 Å². The molecule has 0 heterocycles. The predicted octanol–water partition coefficient (Wildman–Crippen LogP) is 3.63. The van der Waals surface area contributed by atoms with Crippen molar-refractivity contribution in [2.24, 2.45) is 23.5 Å². The van der Waals surface area contributed by atoms with Crippen LogP contribution in [0, 0.1) is 23.6 Å². The van der Waals surface area contributed by atoms with Crippen molar-refractivity contribution in [2.75, 3.05) is 0 Å². The number of nitrogens with two attached hydrogens (primary N) is 1. The lowest BCUT2D eigenvalue weighted by Gasteiger charge is -2.56. The van der Waals surface area contributed by atoms with E-state index in [1.165, 1.54) is 25.3 Å². The molecule has 0 amide bonds. The average molecular weight is 275 g/mol. The minimum absolute atomic E-state index is 0.0835. The first kappa shape index (κ1) is 12.6. The second kappa shape index (κ2) is 4.45. The zero-order valence-corrected chi connectivity index (χ0v) is 11.8. The van der Waals surface area contributed by atoms with E-state index in [-0.39, 0.29) is 11.4 Å². The Balaban J connectivity index is 1.59. The van der Waals surface area contributed by atoms with Crippen molar-refractivity contribution in [3.63, 3.8) is 0 Å². The third kappa shape index (κ3) is 2.03. The van der Waals surface area contributed by atoms with E-state index in [2.05, 4.69) is 0 Å². The quantitative estimate of drug-likeness (QED) is 0.914. The van der Waals surface area contributed by atoms with Crippen LogP contribution in [-0.4, -0.2) is 5.60 Å². The second-order valence-corrected chi connectivity index (χ2v) is 7.17. The summed E-state index contributed by atoms with van der Waals surface area (Å²) in [6.45, 7) is 0.370. The van der Waals surface area contributed by atoms with Gasteiger partial charge in [-0.05, 0) is 74.0 Å². The van der Waals surface area contributed by atoms with Gasteiger partial charge in [0, 0.05) is 6.54 Å². The van der Waals surface area contributed by atoms with Crippen LogP contribution in [0.25, 0.3) is 0 Å². The Morgan fingerprint density at radius 3 is 2.20 bits per heavy atom. The summed E-state index contributed by atoms with van der Waals surface area (Å²) < 4.78 is 20.4. The fourth-order valence-corrected chi connectivity index (χ4v) is 5.14. The van der Waals surface area contributed by atoms with Gasteiger partial charge in [-0.25, -0.2) is 4.39 Å². The number of rotatable bonds is 3. The molecule has 0 unspecified atom stereocenters. The third-order valence-electron chi connectivity index (χ3n) is 5.54. The summed E-state index contributed by atoms with van der Waals surface area (Å²) in [7, 11) is 0. The summed E-state index contributed by atoms with van der Waals surface area (Å²) in [5.41, 5.74) is 6.29. The smallest absolute Gasteiger partial charge is 0.165 e. The van der Waals surface area contributed by atoms with Crippen LogP contribution in [-0.2, 0) is 6.54 Å². The lowest BCUT2D eigenvalue weighted by Crippen LogP contribution is -2.53. The maximum atomic E-state index is 14.1. The van der Waals surface area contributed by atoms with Crippen LogP contribution in [0.4, 0.5) is 4.39 Å². The molecule has 1 aromatic carbocycles. The highest BCUT2D eigenvalue weighted by atomic mass is 19.1. The maximum absolute atomic E-state index is 14.1. The summed E-state index contributed by atoms with van der Waals surface area (Å²) in [5, 5.41) is 0. The highest BCUT2D eigenvalue weighted by molar-refractivity contribution is 5.30. The van der Waals surface area contributed by atoms with Crippen molar-refractivity contribution in [3.05, 3.63) is 29.6 Å². The molecule has 0 aliphatic heterocycles. The molecule has 1 aromatic rings. The van der Waals surface area contributed by atoms with Gasteiger partial charge < -0.3 is 10.5 Å². The van der Waals surface area contributed by atoms with Crippen molar-refractivity contribution in [3.8, 4) is 5.75 Å². The van der Waals surface area contributed by atoms with E-state index in [9.17, 15) is 4.39 Å². The van der Waals surface area contributed by atoms with Gasteiger partial charge in [0.1, 0.15) is 5.60 Å². The van der Waals surface area contributed by atoms with Gasteiger partial charge in [0.15, 0.2) is 11.6 Å². The topological polar surface area (TPSA) is 35.2 Å². The lowest BCUT2D eigenvalue weighted by molar-refractivity contribution is -0.109. The Labute approximate surface area is 119 Å². The largest absolute Gasteiger partial charge is 0.484 e. The van der Waals surface area contributed by atoms with Crippen molar-refractivity contribution in [1.29, 1.82) is 0 Å². The monoisotopic (exact) mass is 275 g/mol. The molecule has 4 bridgehead atoms. The maximum Gasteiger partial charge on any atom is 0.165 e. The third-order valence-corrected chi connectivity index (χ3v) is 5.54. The average Bonchev–Trinajstić information content (AvgIpc) is 2.39. The van der Waals surface area contributed by atoms with Gasteiger partial charge in [-0.15, -0.1) is 0 Å². The van der Waals surface area contributed by atoms with E-state index in [0.717, 1.165) is 42.6 Å². The molecular formula is C17H22FNO. The summed E-state index contributed by atoms with van der Waals surface area (Å²) in [5.74, 6) is 2.60. The van der Waals surface area contributed by atoms with Crippen LogP contribution in [0.5, 0.6) is 5.75 Å². The molecule has 0 atom stereocenters. The van der Waals surface area contributed by atoms with E-state index in [1.807, 2.05) is 6.07 Å². The fourth-order valence-electron chi connectivity index (χ4n) is 5.14. The van der Waals surface area contributed by atoms with E-state index < -0.39 is 0 Å². The Morgan fingerprint density at radius 1 is 1.10 bits per heavy atom. The van der Waals surface area contributed by atoms with Crippen LogP contribution in [0.15, 0.2) is 18.2 Å². The lowest BCUT2D eigenvalue weighted by atomic mass is 9.54. The minimum Gasteiger partial charge on any atom is -0.484 e. The SMILES string of the molecule is NCc1ccc(OC23CC4CC(CC(C4)C2)C3)c(F)c1. The minimum atomic E-state index is -0.260. The predicted molar refractivity (Wildman–Crippen MR) is 75.8 cm³/mol. The van der Waals surface area contributed by atoms with Gasteiger partial charge in [0.25, 0.3) is 0 Å². The van der Waals surface area contributed by atoms with E-state index in [4.69, 9.17) is 10.5 Å². The van der Waals surface area contributed by atoms with Gasteiger partial charge in [0.05, 0.1) is 0 Å². The summed E-state index contributed by atoms with van der Waals surface area (Å²) >= 11 is 0. The van der Waals surface area contributed by atoms with Gasteiger partial charge in [-0.3, -0.25) is 0 Å². The molecule has 0 saturated heterocycles. The standard InChI is InChI=1S/C17H22FNO/c18-15-6-11(10-19)1-2-16(15)20-17-7-12-3-13(8-17)5-14(4-12)9-17/h1-2,6,12-14H,3-5,7-10,19H2. The molecule has 4 aliphatic carbocycles. The Morgan fingerprint density at radius 2 is 1.70 bits per heavy atom. The van der Waals surface area contributed by atoms with Crippen LogP contribution >= 0.6 is 0 Å². The first-order chi connectivity index (χ1) is 9.66. The van der Waals surface area contributed by atoms with Gasteiger partial charge >= 0.3 is 0 Å². The Bertz CT molecular complexity index is 492. The van der Waals surface area contributed by atoms with Crippen molar-refractivity contribution in [2.45, 2.75) is 50.7 Å². The highest BCUT2D eigenvalue weighted by Crippen LogP contribution is 2.57. The molecule has 2 nitrogen and oxygen atoms in total. The van der Waals surface area contributed by atoms with Gasteiger partial charge in [-0.1, -0.05) is 6.07 Å². The molecule has 4 saturated carbocycles. The summed E-state index contributed by atoms with van der Waals surface area (Å²) in [6, 6.07) is 5.14. The van der Waals surface area contributed by atoms with E-state index >= 15 is 0 Å². The zero-order chi connectivity index (χ0) is 13.7. The molecule has 108 valence electrons. The normalized spacial score (nSPS) is 38.2. The van der Waals surface area contributed by atoms with Gasteiger partial charge in [0.2, 0.25) is 0 Å². The fraction of sp³-hybridized carbons (Fsp3) is 0.647. The molecule has 5 rings (SSSR count). The highest BCUT2D eigenvalue weighted by Gasteiger charge is 2.52. The molecule has 0 radical (unpaired) electrons. The number of ether oxygens (including phenoxy) is 1. The molecular weight excluding hydrogens is 253 g/mol. The molecule has 4 aliphatic rings. The summed E-state index contributed by atoms with van der Waals surface area (Å²) in [6.07, 6.45) is 7.48. The molecule has 3 heteroatoms. The van der Waals surface area contributed by atoms with Crippen LogP contribution in [0.2, 0.25) is 0 Å². The molecule has 0 spiro atoms. The number of hydrogen-bond acceptors (Lipinski definition) is 2. The molecule has 0 aromatic heterocycles. The molecule has 4 fully saturated rings. The number of halogens is 1. The van der Waals surface area contributed by atoms with Crippen molar-refractivity contribution < 1.29 is 9.13 Å². The molecule has 20 heavy (non-hydrogen) atoms. The molecule has 2 N–H and O–H groups in total. The zero-order valence-electron chi connectivity index (χ0n) is 11.8. The van der Waals surface area contributed by atoms with Crippen LogP contribution in [0.3, 0.4) is 0 Å². The first-order valence-corrected chi connectivity index (χ1v) is 7.83. The number of benzene rings is 1. The van der Waals surface area contributed by atoms with Crippen molar-refractivity contribution >= 4 is 0 Å². The Hall–Kier alpha value is -1.09.